The number of hydrogen-bond acceptors (Lipinski definition) is 5. The molecule has 24 heavy (non-hydrogen) atoms. The van der Waals surface area contributed by atoms with E-state index in [4.69, 9.17) is 5.84 Å². The van der Waals surface area contributed by atoms with Gasteiger partial charge in [-0.15, -0.1) is 10.2 Å². The van der Waals surface area contributed by atoms with Crippen molar-refractivity contribution in [1.29, 1.82) is 0 Å². The van der Waals surface area contributed by atoms with Gasteiger partial charge in [-0.3, -0.25) is 4.79 Å². The highest BCUT2D eigenvalue weighted by atomic mass is 79.9. The summed E-state index contributed by atoms with van der Waals surface area (Å²) in [4.78, 5) is 14.3. The van der Waals surface area contributed by atoms with Crippen molar-refractivity contribution in [2.24, 2.45) is 0 Å². The molecule has 0 radical (unpaired) electrons. The van der Waals surface area contributed by atoms with Gasteiger partial charge in [-0.2, -0.15) is 0 Å². The maximum Gasteiger partial charge on any atom is 0.233 e. The Morgan fingerprint density at radius 1 is 1.25 bits per heavy atom. The number of aromatic nitrogens is 3. The second-order valence-corrected chi connectivity index (χ2v) is 7.73. The lowest BCUT2D eigenvalue weighted by molar-refractivity contribution is -0.131. The molecule has 0 fully saturated rings. The van der Waals surface area contributed by atoms with Crippen LogP contribution in [0.15, 0.2) is 33.9 Å². The van der Waals surface area contributed by atoms with E-state index < -0.39 is 0 Å². The van der Waals surface area contributed by atoms with E-state index in [1.165, 1.54) is 16.4 Å². The Kier molecular flexibility index (Phi) is 6.28. The number of nitrogen functional groups attached to an aromatic ring is 1. The van der Waals surface area contributed by atoms with Crippen LogP contribution in [0.5, 0.6) is 0 Å². The van der Waals surface area contributed by atoms with E-state index in [2.05, 4.69) is 26.1 Å². The van der Waals surface area contributed by atoms with Crippen molar-refractivity contribution in [1.82, 2.24) is 19.8 Å². The molecule has 8 heteroatoms. The van der Waals surface area contributed by atoms with Crippen LogP contribution in [0.25, 0.3) is 11.4 Å². The molecule has 1 amide bonds. The highest BCUT2D eigenvalue weighted by Crippen LogP contribution is 2.28. The molecule has 1 aromatic heterocycles. The van der Waals surface area contributed by atoms with E-state index in [1.54, 1.807) is 0 Å². The number of nitrogens with zero attached hydrogens (tertiary/aromatic N) is 4. The smallest absolute Gasteiger partial charge is 0.233 e. The van der Waals surface area contributed by atoms with Gasteiger partial charge in [0.15, 0.2) is 5.82 Å². The van der Waals surface area contributed by atoms with Crippen LogP contribution in [-0.4, -0.2) is 43.5 Å². The van der Waals surface area contributed by atoms with E-state index in [0.717, 1.165) is 10.0 Å². The predicted molar refractivity (Wildman–Crippen MR) is 101 cm³/mol. The van der Waals surface area contributed by atoms with E-state index in [-0.39, 0.29) is 23.7 Å². The van der Waals surface area contributed by atoms with E-state index in [1.807, 2.05) is 56.9 Å². The molecule has 2 N–H and O–H groups in total. The summed E-state index contributed by atoms with van der Waals surface area (Å²) in [5.41, 5.74) is 0.858. The van der Waals surface area contributed by atoms with Crippen molar-refractivity contribution in [3.05, 3.63) is 28.7 Å². The number of thioether (sulfide) groups is 1. The minimum absolute atomic E-state index is 0.0652. The number of carbonyl (C=O) groups excluding carboxylic acids is 1. The van der Waals surface area contributed by atoms with Gasteiger partial charge in [0.1, 0.15) is 0 Å². The number of hydrogen-bond donors (Lipinski definition) is 1. The molecule has 6 nitrogen and oxygen atoms in total. The van der Waals surface area contributed by atoms with Crippen molar-refractivity contribution in [3.8, 4) is 11.4 Å². The molecule has 0 saturated carbocycles. The fraction of sp³-hybridized carbons (Fsp3) is 0.438. The lowest BCUT2D eigenvalue weighted by Gasteiger charge is -2.30. The maximum atomic E-state index is 12.4. The molecule has 0 aliphatic rings. The molecule has 130 valence electrons. The first-order valence-corrected chi connectivity index (χ1v) is 9.50. The van der Waals surface area contributed by atoms with Crippen LogP contribution in [-0.2, 0) is 4.79 Å². The molecular weight excluding hydrogens is 390 g/mol. The van der Waals surface area contributed by atoms with E-state index >= 15 is 0 Å². The topological polar surface area (TPSA) is 77.0 Å². The van der Waals surface area contributed by atoms with Gasteiger partial charge in [0.2, 0.25) is 11.1 Å². The van der Waals surface area contributed by atoms with Crippen LogP contribution >= 0.6 is 27.7 Å². The zero-order valence-electron chi connectivity index (χ0n) is 14.2. The number of carbonyl (C=O) groups is 1. The Morgan fingerprint density at radius 2 is 1.88 bits per heavy atom. The fourth-order valence-electron chi connectivity index (χ4n) is 2.57. The quantitative estimate of drug-likeness (QED) is 0.583. The molecule has 1 heterocycles. The third kappa shape index (κ3) is 4.10. The van der Waals surface area contributed by atoms with Crippen LogP contribution < -0.4 is 5.84 Å². The summed E-state index contributed by atoms with van der Waals surface area (Å²) in [6, 6.07) is 7.98. The maximum absolute atomic E-state index is 12.4. The Labute approximate surface area is 154 Å². The number of rotatable bonds is 6. The standard InChI is InChI=1S/C16H22BrN5OS/c1-10(2)21(11(3)4)14(23)9-24-16-20-19-15(22(16)18)12-7-5-6-8-13(12)17/h5-8,10-11H,9,18H2,1-4H3. The van der Waals surface area contributed by atoms with Gasteiger partial charge < -0.3 is 10.7 Å². The van der Waals surface area contributed by atoms with Crippen LogP contribution in [0.4, 0.5) is 0 Å². The van der Waals surface area contributed by atoms with Gasteiger partial charge >= 0.3 is 0 Å². The number of benzene rings is 1. The van der Waals surface area contributed by atoms with Crippen LogP contribution in [0.1, 0.15) is 27.7 Å². The fourth-order valence-corrected chi connectivity index (χ4v) is 3.76. The molecular formula is C16H22BrN5OS. The lowest BCUT2D eigenvalue weighted by atomic mass is 10.2. The van der Waals surface area contributed by atoms with Crippen LogP contribution in [0.3, 0.4) is 0 Å². The number of amides is 1. The molecule has 0 atom stereocenters. The minimum Gasteiger partial charge on any atom is -0.337 e. The first kappa shape index (κ1) is 18.8. The monoisotopic (exact) mass is 411 g/mol. The Morgan fingerprint density at radius 3 is 2.46 bits per heavy atom. The van der Waals surface area contributed by atoms with E-state index in [0.29, 0.717) is 11.0 Å². The summed E-state index contributed by atoms with van der Waals surface area (Å²) < 4.78 is 2.31. The molecule has 0 aliphatic heterocycles. The highest BCUT2D eigenvalue weighted by Gasteiger charge is 2.21. The molecule has 0 unspecified atom stereocenters. The van der Waals surface area contributed by atoms with Crippen molar-refractivity contribution in [2.75, 3.05) is 11.6 Å². The first-order chi connectivity index (χ1) is 11.3. The average molecular weight is 412 g/mol. The highest BCUT2D eigenvalue weighted by molar-refractivity contribution is 9.10. The third-order valence-corrected chi connectivity index (χ3v) is 5.12. The second-order valence-electron chi connectivity index (χ2n) is 5.93. The lowest BCUT2D eigenvalue weighted by Crippen LogP contribution is -2.43. The van der Waals surface area contributed by atoms with Gasteiger partial charge in [-0.1, -0.05) is 39.8 Å². The minimum atomic E-state index is 0.0652. The van der Waals surface area contributed by atoms with Crippen LogP contribution in [0, 0.1) is 0 Å². The molecule has 0 bridgehead atoms. The first-order valence-electron chi connectivity index (χ1n) is 7.72. The summed E-state index contributed by atoms with van der Waals surface area (Å²) in [6.45, 7) is 8.05. The summed E-state index contributed by atoms with van der Waals surface area (Å²) in [7, 11) is 0. The van der Waals surface area contributed by atoms with Gasteiger partial charge in [0.25, 0.3) is 0 Å². The van der Waals surface area contributed by atoms with Crippen molar-refractivity contribution in [3.63, 3.8) is 0 Å². The normalized spacial score (nSPS) is 11.3. The van der Waals surface area contributed by atoms with Gasteiger partial charge in [-0.25, -0.2) is 4.68 Å². The van der Waals surface area contributed by atoms with Crippen molar-refractivity contribution in [2.45, 2.75) is 44.9 Å². The second kappa shape index (κ2) is 8.02. The molecule has 0 spiro atoms. The zero-order valence-corrected chi connectivity index (χ0v) is 16.6. The SMILES string of the molecule is CC(C)N(C(=O)CSc1nnc(-c2ccccc2Br)n1N)C(C)C. The van der Waals surface area contributed by atoms with Crippen molar-refractivity contribution < 1.29 is 4.79 Å². The molecule has 0 aliphatic carbocycles. The Hall–Kier alpha value is -1.54. The average Bonchev–Trinajstić information content (AvgIpc) is 2.86. The van der Waals surface area contributed by atoms with Gasteiger partial charge in [-0.05, 0) is 39.8 Å². The summed E-state index contributed by atoms with van der Waals surface area (Å²) in [5, 5.41) is 8.78. The van der Waals surface area contributed by atoms with Gasteiger partial charge in [0, 0.05) is 22.1 Å². The van der Waals surface area contributed by atoms with Gasteiger partial charge in [0.05, 0.1) is 5.75 Å². The zero-order chi connectivity index (χ0) is 17.9. The largest absolute Gasteiger partial charge is 0.337 e. The molecule has 0 saturated heterocycles. The van der Waals surface area contributed by atoms with E-state index in [9.17, 15) is 4.79 Å². The number of halogens is 1. The Balaban J connectivity index is 2.13. The van der Waals surface area contributed by atoms with Crippen molar-refractivity contribution >= 4 is 33.6 Å². The van der Waals surface area contributed by atoms with Crippen LogP contribution in [0.2, 0.25) is 0 Å². The molecule has 2 aromatic rings. The molecule has 2 rings (SSSR count). The Bertz CT molecular complexity index is 708. The number of nitrogens with two attached hydrogens (primary N) is 1. The molecule has 1 aromatic carbocycles. The summed E-state index contributed by atoms with van der Waals surface area (Å²) in [5.74, 6) is 7.01. The summed E-state index contributed by atoms with van der Waals surface area (Å²) >= 11 is 4.78. The summed E-state index contributed by atoms with van der Waals surface area (Å²) in [6.07, 6.45) is 0. The predicted octanol–water partition coefficient (Wildman–Crippen LogP) is 3.16. The third-order valence-electron chi connectivity index (χ3n) is 3.50.